The van der Waals surface area contributed by atoms with Gasteiger partial charge in [0.2, 0.25) is 0 Å². The zero-order valence-corrected chi connectivity index (χ0v) is 9.57. The Balaban J connectivity index is 2.74. The molecule has 0 saturated heterocycles. The van der Waals surface area contributed by atoms with E-state index in [0.29, 0.717) is 5.02 Å². The summed E-state index contributed by atoms with van der Waals surface area (Å²) < 4.78 is 0. The summed E-state index contributed by atoms with van der Waals surface area (Å²) in [5.74, 6) is 0.290. The number of aryl methyl sites for hydroxylation is 1. The molecule has 0 aliphatic heterocycles. The van der Waals surface area contributed by atoms with E-state index in [-0.39, 0.29) is 11.2 Å². The van der Waals surface area contributed by atoms with Gasteiger partial charge in [0, 0.05) is 0 Å². The van der Waals surface area contributed by atoms with E-state index in [2.05, 4.69) is 20.8 Å². The summed E-state index contributed by atoms with van der Waals surface area (Å²) in [6.07, 6.45) is 2.03. The maximum absolute atomic E-state index is 9.84. The second-order valence-electron chi connectivity index (χ2n) is 4.76. The molecule has 2 rings (SSSR count). The minimum atomic E-state index is 0.182. The highest BCUT2D eigenvalue weighted by Gasteiger charge is 2.33. The van der Waals surface area contributed by atoms with Crippen molar-refractivity contribution in [1.29, 1.82) is 0 Å². The topological polar surface area (TPSA) is 20.2 Å². The Hall–Kier alpha value is -0.690. The third-order valence-electron chi connectivity index (χ3n) is 3.23. The summed E-state index contributed by atoms with van der Waals surface area (Å²) in [5.41, 5.74) is 3.73. The van der Waals surface area contributed by atoms with Crippen LogP contribution in [0.15, 0.2) is 6.07 Å². The number of hydrogen-bond acceptors (Lipinski definition) is 1. The highest BCUT2D eigenvalue weighted by atomic mass is 35.5. The van der Waals surface area contributed by atoms with E-state index in [1.807, 2.05) is 6.07 Å². The Labute approximate surface area is 89.7 Å². The van der Waals surface area contributed by atoms with Gasteiger partial charge in [0.1, 0.15) is 5.75 Å². The molecule has 0 unspecified atom stereocenters. The van der Waals surface area contributed by atoms with Crippen LogP contribution in [0.3, 0.4) is 0 Å². The number of benzene rings is 1. The van der Waals surface area contributed by atoms with E-state index < -0.39 is 0 Å². The minimum absolute atomic E-state index is 0.182. The lowest BCUT2D eigenvalue weighted by molar-refractivity contribution is 0.469. The number of rotatable bonds is 0. The van der Waals surface area contributed by atoms with Crippen molar-refractivity contribution in [2.45, 2.75) is 39.0 Å². The van der Waals surface area contributed by atoms with Crippen LogP contribution in [-0.4, -0.2) is 5.11 Å². The molecule has 1 aliphatic rings. The summed E-state index contributed by atoms with van der Waals surface area (Å²) >= 11 is 5.94. The van der Waals surface area contributed by atoms with Gasteiger partial charge in [-0.3, -0.25) is 0 Å². The van der Waals surface area contributed by atoms with Gasteiger partial charge in [-0.1, -0.05) is 25.4 Å². The van der Waals surface area contributed by atoms with Crippen molar-refractivity contribution in [2.75, 3.05) is 0 Å². The lowest BCUT2D eigenvalue weighted by Crippen LogP contribution is -2.13. The molecule has 0 radical (unpaired) electrons. The fraction of sp³-hybridized carbons (Fsp3) is 0.500. The standard InChI is InChI=1S/C12H15ClO/c1-7-6-9(13)11(14)8-4-5-12(2,3)10(7)8/h6,14H,4-5H2,1-3H3. The van der Waals surface area contributed by atoms with Crippen molar-refractivity contribution in [2.24, 2.45) is 0 Å². The van der Waals surface area contributed by atoms with Crippen LogP contribution in [0.5, 0.6) is 5.75 Å². The maximum atomic E-state index is 9.84. The molecule has 1 aliphatic carbocycles. The van der Waals surface area contributed by atoms with Gasteiger partial charge in [0.25, 0.3) is 0 Å². The second kappa shape index (κ2) is 2.90. The number of phenols is 1. The second-order valence-corrected chi connectivity index (χ2v) is 5.17. The molecule has 0 spiro atoms. The van der Waals surface area contributed by atoms with Gasteiger partial charge >= 0.3 is 0 Å². The molecule has 0 atom stereocenters. The van der Waals surface area contributed by atoms with Gasteiger partial charge in [0.15, 0.2) is 0 Å². The molecule has 1 aromatic rings. The third kappa shape index (κ3) is 1.23. The smallest absolute Gasteiger partial charge is 0.137 e. The number of aromatic hydroxyl groups is 1. The van der Waals surface area contributed by atoms with Crippen LogP contribution < -0.4 is 0 Å². The minimum Gasteiger partial charge on any atom is -0.506 e. The molecular formula is C12H15ClO. The Morgan fingerprint density at radius 2 is 2.07 bits per heavy atom. The van der Waals surface area contributed by atoms with E-state index in [1.54, 1.807) is 0 Å². The first-order valence-corrected chi connectivity index (χ1v) is 5.33. The van der Waals surface area contributed by atoms with Crippen LogP contribution in [0.2, 0.25) is 5.02 Å². The molecule has 76 valence electrons. The fourth-order valence-corrected chi connectivity index (χ4v) is 2.86. The van der Waals surface area contributed by atoms with Gasteiger partial charge in [-0.2, -0.15) is 0 Å². The molecular weight excluding hydrogens is 196 g/mol. The predicted molar refractivity (Wildman–Crippen MR) is 59.2 cm³/mol. The average Bonchev–Trinajstić information content (AvgIpc) is 2.38. The monoisotopic (exact) mass is 210 g/mol. The highest BCUT2D eigenvalue weighted by Crippen LogP contribution is 2.46. The SMILES string of the molecule is Cc1cc(Cl)c(O)c2c1C(C)(C)CC2. The number of hydrogen-bond donors (Lipinski definition) is 1. The number of halogens is 1. The van der Waals surface area contributed by atoms with E-state index >= 15 is 0 Å². The summed E-state index contributed by atoms with van der Waals surface area (Å²) in [6, 6.07) is 1.86. The molecule has 1 aromatic carbocycles. The molecule has 0 aromatic heterocycles. The third-order valence-corrected chi connectivity index (χ3v) is 3.52. The zero-order chi connectivity index (χ0) is 10.5. The van der Waals surface area contributed by atoms with Gasteiger partial charge in [-0.15, -0.1) is 0 Å². The molecule has 0 saturated carbocycles. The van der Waals surface area contributed by atoms with Crippen molar-refractivity contribution in [3.8, 4) is 5.75 Å². The Morgan fingerprint density at radius 3 is 2.71 bits per heavy atom. The maximum Gasteiger partial charge on any atom is 0.137 e. The lowest BCUT2D eigenvalue weighted by Gasteiger charge is -2.21. The van der Waals surface area contributed by atoms with Gasteiger partial charge < -0.3 is 5.11 Å². The zero-order valence-electron chi connectivity index (χ0n) is 8.82. The van der Waals surface area contributed by atoms with Crippen LogP contribution in [0, 0.1) is 6.92 Å². The predicted octanol–water partition coefficient (Wildman–Crippen LogP) is 3.58. The van der Waals surface area contributed by atoms with Crippen LogP contribution in [0.25, 0.3) is 0 Å². The van der Waals surface area contributed by atoms with E-state index in [4.69, 9.17) is 11.6 Å². The Morgan fingerprint density at radius 1 is 1.43 bits per heavy atom. The number of phenolic OH excluding ortho intramolecular Hbond substituents is 1. The fourth-order valence-electron chi connectivity index (χ4n) is 2.58. The quantitative estimate of drug-likeness (QED) is 0.694. The Bertz CT molecular complexity index is 394. The number of fused-ring (bicyclic) bond motifs is 1. The largest absolute Gasteiger partial charge is 0.506 e. The van der Waals surface area contributed by atoms with Gasteiger partial charge in [-0.05, 0) is 47.9 Å². The molecule has 0 bridgehead atoms. The van der Waals surface area contributed by atoms with Crippen molar-refractivity contribution in [3.63, 3.8) is 0 Å². The first kappa shape index (κ1) is 9.85. The average molecular weight is 211 g/mol. The summed E-state index contributed by atoms with van der Waals surface area (Å²) in [5, 5.41) is 10.3. The van der Waals surface area contributed by atoms with E-state index in [9.17, 15) is 5.11 Å². The summed E-state index contributed by atoms with van der Waals surface area (Å²) in [7, 11) is 0. The van der Waals surface area contributed by atoms with Crippen molar-refractivity contribution in [1.82, 2.24) is 0 Å². The molecule has 0 heterocycles. The van der Waals surface area contributed by atoms with E-state index in [1.165, 1.54) is 11.1 Å². The van der Waals surface area contributed by atoms with Gasteiger partial charge in [0.05, 0.1) is 5.02 Å². The van der Waals surface area contributed by atoms with Gasteiger partial charge in [-0.25, -0.2) is 0 Å². The summed E-state index contributed by atoms with van der Waals surface area (Å²) in [6.45, 7) is 6.51. The summed E-state index contributed by atoms with van der Waals surface area (Å²) in [4.78, 5) is 0. The lowest BCUT2D eigenvalue weighted by atomic mass is 9.84. The van der Waals surface area contributed by atoms with Crippen molar-refractivity contribution in [3.05, 3.63) is 27.8 Å². The van der Waals surface area contributed by atoms with Crippen LogP contribution in [0.1, 0.15) is 37.0 Å². The first-order chi connectivity index (χ1) is 6.43. The van der Waals surface area contributed by atoms with Crippen LogP contribution >= 0.6 is 11.6 Å². The van der Waals surface area contributed by atoms with E-state index in [0.717, 1.165) is 18.4 Å². The van der Waals surface area contributed by atoms with Crippen molar-refractivity contribution < 1.29 is 5.11 Å². The normalized spacial score (nSPS) is 18.3. The van der Waals surface area contributed by atoms with Crippen molar-refractivity contribution >= 4 is 11.6 Å². The van der Waals surface area contributed by atoms with Crippen LogP contribution in [-0.2, 0) is 11.8 Å². The first-order valence-electron chi connectivity index (χ1n) is 4.95. The molecule has 14 heavy (non-hydrogen) atoms. The molecule has 1 nitrogen and oxygen atoms in total. The molecule has 0 fully saturated rings. The highest BCUT2D eigenvalue weighted by molar-refractivity contribution is 6.32. The van der Waals surface area contributed by atoms with Crippen LogP contribution in [0.4, 0.5) is 0 Å². The Kier molecular flexibility index (Phi) is 2.04. The molecule has 0 amide bonds. The molecule has 2 heteroatoms. The molecule has 1 N–H and O–H groups in total.